The van der Waals surface area contributed by atoms with Crippen molar-refractivity contribution in [2.75, 3.05) is 0 Å². The number of fused-ring (bicyclic) bond motifs is 1. The van der Waals surface area contributed by atoms with Crippen LogP contribution in [0.3, 0.4) is 0 Å². The lowest BCUT2D eigenvalue weighted by atomic mass is 9.98. The van der Waals surface area contributed by atoms with Crippen LogP contribution < -0.4 is 4.57 Å². The molecule has 0 saturated heterocycles. The molecule has 0 radical (unpaired) electrons. The zero-order chi connectivity index (χ0) is 17.9. The van der Waals surface area contributed by atoms with E-state index in [0.717, 1.165) is 6.54 Å². The van der Waals surface area contributed by atoms with E-state index in [9.17, 15) is 0 Å². The Hall–Kier alpha value is -2.93. The molecule has 1 heterocycles. The van der Waals surface area contributed by atoms with Gasteiger partial charge in [0.2, 0.25) is 5.69 Å². The third-order valence-corrected chi connectivity index (χ3v) is 4.98. The Morgan fingerprint density at radius 2 is 1.42 bits per heavy atom. The molecule has 0 aliphatic rings. The van der Waals surface area contributed by atoms with E-state index in [1.807, 2.05) is 0 Å². The molecular formula is C25H24N+. The van der Waals surface area contributed by atoms with Gasteiger partial charge in [-0.15, -0.1) is 0 Å². The third kappa shape index (κ3) is 3.25. The minimum atomic E-state index is 0.549. The summed E-state index contributed by atoms with van der Waals surface area (Å²) < 4.78 is 2.36. The van der Waals surface area contributed by atoms with Gasteiger partial charge in [-0.2, -0.15) is 4.57 Å². The van der Waals surface area contributed by atoms with Crippen LogP contribution in [-0.2, 0) is 6.54 Å². The van der Waals surface area contributed by atoms with Gasteiger partial charge in [-0.05, 0) is 35.1 Å². The summed E-state index contributed by atoms with van der Waals surface area (Å²) in [7, 11) is 0. The van der Waals surface area contributed by atoms with Gasteiger partial charge in [0, 0.05) is 17.2 Å². The molecule has 26 heavy (non-hydrogen) atoms. The second-order valence-corrected chi connectivity index (χ2v) is 7.14. The Morgan fingerprint density at radius 1 is 0.731 bits per heavy atom. The first-order chi connectivity index (χ1) is 12.7. The molecule has 3 aromatic carbocycles. The Bertz CT molecular complexity index is 1010. The summed E-state index contributed by atoms with van der Waals surface area (Å²) in [5.41, 5.74) is 5.24. The number of benzene rings is 3. The van der Waals surface area contributed by atoms with Gasteiger partial charge in [0.15, 0.2) is 12.7 Å². The fraction of sp³-hybridized carbons (Fsp3) is 0.160. The van der Waals surface area contributed by atoms with Crippen molar-refractivity contribution in [3.8, 4) is 11.3 Å². The van der Waals surface area contributed by atoms with E-state index in [1.165, 1.54) is 33.2 Å². The number of nitrogens with zero attached hydrogens (tertiary/aromatic N) is 1. The van der Waals surface area contributed by atoms with Gasteiger partial charge >= 0.3 is 0 Å². The van der Waals surface area contributed by atoms with E-state index in [0.29, 0.717) is 5.92 Å². The molecule has 4 aromatic rings. The minimum Gasteiger partial charge on any atom is -0.193 e. The Labute approximate surface area is 155 Å². The normalized spacial score (nSPS) is 11.2. The quantitative estimate of drug-likeness (QED) is 0.404. The first-order valence-electron chi connectivity index (χ1n) is 9.28. The first kappa shape index (κ1) is 16.5. The van der Waals surface area contributed by atoms with Gasteiger partial charge in [0.25, 0.3) is 0 Å². The standard InChI is InChI=1S/C25H24N/c1-19(2)21-12-14-23(15-13-21)25-24-11-7-6-10-22(24)16-17-26(25)18-20-8-4-3-5-9-20/h3-17,19H,18H2,1-2H3/q+1. The predicted octanol–water partition coefficient (Wildman–Crippen LogP) is 5.97. The van der Waals surface area contributed by atoms with Gasteiger partial charge in [0.1, 0.15) is 0 Å². The number of pyridine rings is 1. The molecule has 1 aromatic heterocycles. The van der Waals surface area contributed by atoms with Crippen LogP contribution in [0.1, 0.15) is 30.9 Å². The summed E-state index contributed by atoms with van der Waals surface area (Å²) in [4.78, 5) is 0. The van der Waals surface area contributed by atoms with Crippen molar-refractivity contribution in [2.45, 2.75) is 26.3 Å². The van der Waals surface area contributed by atoms with E-state index in [-0.39, 0.29) is 0 Å². The van der Waals surface area contributed by atoms with E-state index in [1.54, 1.807) is 0 Å². The maximum Gasteiger partial charge on any atom is 0.220 e. The van der Waals surface area contributed by atoms with Crippen LogP contribution >= 0.6 is 0 Å². The fourth-order valence-electron chi connectivity index (χ4n) is 3.52. The van der Waals surface area contributed by atoms with Crippen molar-refractivity contribution in [3.05, 3.63) is 102 Å². The molecule has 0 atom stereocenters. The molecule has 128 valence electrons. The molecule has 1 heteroatoms. The molecule has 0 fully saturated rings. The monoisotopic (exact) mass is 338 g/mol. The lowest BCUT2D eigenvalue weighted by Crippen LogP contribution is -2.36. The lowest BCUT2D eigenvalue weighted by Gasteiger charge is -2.10. The van der Waals surface area contributed by atoms with Crippen molar-refractivity contribution >= 4 is 10.8 Å². The van der Waals surface area contributed by atoms with Gasteiger partial charge in [-0.25, -0.2) is 0 Å². The Kier molecular flexibility index (Phi) is 4.53. The van der Waals surface area contributed by atoms with Crippen LogP contribution in [-0.4, -0.2) is 0 Å². The highest BCUT2D eigenvalue weighted by molar-refractivity contribution is 5.92. The summed E-state index contributed by atoms with van der Waals surface area (Å²) in [5, 5.41) is 2.57. The molecule has 0 aliphatic carbocycles. The van der Waals surface area contributed by atoms with Gasteiger partial charge < -0.3 is 0 Å². The number of hydrogen-bond donors (Lipinski definition) is 0. The smallest absolute Gasteiger partial charge is 0.193 e. The number of rotatable bonds is 4. The van der Waals surface area contributed by atoms with Gasteiger partial charge in [-0.3, -0.25) is 0 Å². The van der Waals surface area contributed by atoms with Crippen LogP contribution in [0.4, 0.5) is 0 Å². The second-order valence-electron chi connectivity index (χ2n) is 7.14. The SMILES string of the molecule is CC(C)c1ccc(-c2c3ccccc3cc[n+]2Cc2ccccc2)cc1. The lowest BCUT2D eigenvalue weighted by molar-refractivity contribution is -0.676. The average Bonchev–Trinajstić information content (AvgIpc) is 2.69. The highest BCUT2D eigenvalue weighted by atomic mass is 15.0. The van der Waals surface area contributed by atoms with E-state index in [2.05, 4.69) is 110 Å². The van der Waals surface area contributed by atoms with Crippen LogP contribution in [0, 0.1) is 0 Å². The molecule has 0 bridgehead atoms. The van der Waals surface area contributed by atoms with Crippen LogP contribution in [0.25, 0.3) is 22.0 Å². The molecular weight excluding hydrogens is 314 g/mol. The van der Waals surface area contributed by atoms with Crippen molar-refractivity contribution in [2.24, 2.45) is 0 Å². The van der Waals surface area contributed by atoms with Crippen molar-refractivity contribution in [1.82, 2.24) is 0 Å². The zero-order valence-corrected chi connectivity index (χ0v) is 15.4. The van der Waals surface area contributed by atoms with Crippen LogP contribution in [0.15, 0.2) is 91.1 Å². The average molecular weight is 338 g/mol. The second kappa shape index (κ2) is 7.13. The predicted molar refractivity (Wildman–Crippen MR) is 109 cm³/mol. The minimum absolute atomic E-state index is 0.549. The molecule has 0 saturated carbocycles. The highest BCUT2D eigenvalue weighted by Crippen LogP contribution is 2.27. The molecule has 1 nitrogen and oxygen atoms in total. The molecule has 0 unspecified atom stereocenters. The summed E-state index contributed by atoms with van der Waals surface area (Å²) in [6.07, 6.45) is 2.21. The van der Waals surface area contributed by atoms with Crippen molar-refractivity contribution in [1.29, 1.82) is 0 Å². The number of aromatic nitrogens is 1. The van der Waals surface area contributed by atoms with Crippen LogP contribution in [0.2, 0.25) is 0 Å². The van der Waals surface area contributed by atoms with Gasteiger partial charge in [-0.1, -0.05) is 74.5 Å². The highest BCUT2D eigenvalue weighted by Gasteiger charge is 2.18. The summed E-state index contributed by atoms with van der Waals surface area (Å²) >= 11 is 0. The number of hydrogen-bond acceptors (Lipinski definition) is 0. The summed E-state index contributed by atoms with van der Waals surface area (Å²) in [5.74, 6) is 0.549. The van der Waals surface area contributed by atoms with Crippen molar-refractivity contribution in [3.63, 3.8) is 0 Å². The Balaban J connectivity index is 1.88. The molecule has 4 rings (SSSR count). The molecule has 0 aliphatic heterocycles. The molecule has 0 spiro atoms. The molecule has 0 N–H and O–H groups in total. The topological polar surface area (TPSA) is 3.88 Å². The third-order valence-electron chi connectivity index (χ3n) is 4.98. The zero-order valence-electron chi connectivity index (χ0n) is 15.4. The van der Waals surface area contributed by atoms with Crippen molar-refractivity contribution < 1.29 is 4.57 Å². The Morgan fingerprint density at radius 3 is 2.15 bits per heavy atom. The maximum absolute atomic E-state index is 2.36. The van der Waals surface area contributed by atoms with E-state index in [4.69, 9.17) is 0 Å². The summed E-state index contributed by atoms with van der Waals surface area (Å²) in [6.45, 7) is 5.35. The van der Waals surface area contributed by atoms with E-state index >= 15 is 0 Å². The summed E-state index contributed by atoms with van der Waals surface area (Å²) in [6, 6.07) is 30.6. The largest absolute Gasteiger partial charge is 0.220 e. The molecule has 0 amide bonds. The first-order valence-corrected chi connectivity index (χ1v) is 9.28. The fourth-order valence-corrected chi connectivity index (χ4v) is 3.52. The van der Waals surface area contributed by atoms with Crippen LogP contribution in [0.5, 0.6) is 0 Å². The maximum atomic E-state index is 2.36. The van der Waals surface area contributed by atoms with Gasteiger partial charge in [0.05, 0.1) is 5.39 Å². The van der Waals surface area contributed by atoms with E-state index < -0.39 is 0 Å².